The van der Waals surface area contributed by atoms with Crippen LogP contribution in [0.3, 0.4) is 0 Å². The van der Waals surface area contributed by atoms with Crippen molar-refractivity contribution in [3.05, 3.63) is 18.2 Å². The number of carbonyl (C=O) groups is 1. The summed E-state index contributed by atoms with van der Waals surface area (Å²) >= 11 is 0. The average Bonchev–Trinajstić information content (AvgIpc) is 2.72. The van der Waals surface area contributed by atoms with E-state index in [-0.39, 0.29) is 11.7 Å². The number of piperidine rings is 1. The molecule has 1 aromatic heterocycles. The number of nitrogens with zero attached hydrogens (tertiary/aromatic N) is 3. The molecule has 0 N–H and O–H groups in total. The van der Waals surface area contributed by atoms with Crippen molar-refractivity contribution in [3.8, 4) is 0 Å². The Morgan fingerprint density at radius 1 is 1.43 bits per heavy atom. The van der Waals surface area contributed by atoms with Gasteiger partial charge in [-0.2, -0.15) is 0 Å². The Kier molecular flexibility index (Phi) is 6.24. The smallest absolute Gasteiger partial charge is 0.410 e. The number of amides is 1. The van der Waals surface area contributed by atoms with Gasteiger partial charge in [-0.25, -0.2) is 9.78 Å². The molecule has 1 aliphatic heterocycles. The molecule has 0 aromatic carbocycles. The highest BCUT2D eigenvalue weighted by Gasteiger charge is 2.25. The van der Waals surface area contributed by atoms with Crippen LogP contribution in [0, 0.1) is 12.8 Å². The largest absolute Gasteiger partial charge is 0.444 e. The topological polar surface area (TPSA) is 47.4 Å². The Hall–Kier alpha value is -1.52. The summed E-state index contributed by atoms with van der Waals surface area (Å²) in [7, 11) is 1.97. The molecule has 0 spiro atoms. The van der Waals surface area contributed by atoms with Gasteiger partial charge in [-0.1, -0.05) is 6.92 Å². The first-order chi connectivity index (χ1) is 9.69. The Balaban J connectivity index is 0.000000262. The van der Waals surface area contributed by atoms with E-state index in [0.717, 1.165) is 19.5 Å². The quantitative estimate of drug-likeness (QED) is 0.737. The molecule has 1 amide bonds. The lowest BCUT2D eigenvalue weighted by atomic mass is 10.0. The lowest BCUT2D eigenvalue weighted by molar-refractivity contribution is 0.0174. The first kappa shape index (κ1) is 17.5. The fourth-order valence-corrected chi connectivity index (χ4v) is 2.11. The van der Waals surface area contributed by atoms with Crippen molar-refractivity contribution >= 4 is 6.09 Å². The summed E-state index contributed by atoms with van der Waals surface area (Å²) in [6.07, 6.45) is 5.78. The van der Waals surface area contributed by atoms with Crippen LogP contribution in [0.5, 0.6) is 0 Å². The molecule has 1 fully saturated rings. The highest BCUT2D eigenvalue weighted by atomic mass is 16.6. The van der Waals surface area contributed by atoms with Gasteiger partial charge in [0.05, 0.1) is 6.33 Å². The minimum atomic E-state index is -0.377. The molecule has 1 atom stereocenters. The minimum absolute atomic E-state index is 0.163. The predicted molar refractivity (Wildman–Crippen MR) is 84.2 cm³/mol. The molecule has 0 saturated carbocycles. The zero-order valence-corrected chi connectivity index (χ0v) is 14.2. The second kappa shape index (κ2) is 7.48. The molecular formula is C16H29N3O2. The molecule has 0 aliphatic carbocycles. The van der Waals surface area contributed by atoms with Crippen LogP contribution in [0.2, 0.25) is 0 Å². The number of aryl methyl sites for hydroxylation is 2. The molecule has 2 rings (SSSR count). The highest BCUT2D eigenvalue weighted by Crippen LogP contribution is 2.18. The van der Waals surface area contributed by atoms with E-state index < -0.39 is 0 Å². The van der Waals surface area contributed by atoms with Crippen LogP contribution in [0.25, 0.3) is 0 Å². The highest BCUT2D eigenvalue weighted by molar-refractivity contribution is 5.68. The monoisotopic (exact) mass is 295 g/mol. The van der Waals surface area contributed by atoms with Gasteiger partial charge in [0.2, 0.25) is 0 Å². The van der Waals surface area contributed by atoms with Crippen molar-refractivity contribution in [2.24, 2.45) is 13.0 Å². The maximum absolute atomic E-state index is 11.7. The van der Waals surface area contributed by atoms with Gasteiger partial charge in [0.1, 0.15) is 5.60 Å². The third kappa shape index (κ3) is 6.65. The van der Waals surface area contributed by atoms with Crippen molar-refractivity contribution in [1.82, 2.24) is 14.5 Å². The van der Waals surface area contributed by atoms with Crippen molar-refractivity contribution in [1.29, 1.82) is 0 Å². The van der Waals surface area contributed by atoms with Crippen molar-refractivity contribution in [3.63, 3.8) is 0 Å². The predicted octanol–water partition coefficient (Wildman–Crippen LogP) is 3.38. The number of hydrogen-bond acceptors (Lipinski definition) is 3. The van der Waals surface area contributed by atoms with E-state index in [4.69, 9.17) is 4.74 Å². The maximum Gasteiger partial charge on any atom is 0.410 e. The normalized spacial score (nSPS) is 18.8. The summed E-state index contributed by atoms with van der Waals surface area (Å²) in [5.41, 5.74) is 0.817. The van der Waals surface area contributed by atoms with Crippen LogP contribution in [-0.2, 0) is 11.8 Å². The van der Waals surface area contributed by atoms with E-state index in [0.29, 0.717) is 5.92 Å². The molecule has 1 aliphatic rings. The third-order valence-corrected chi connectivity index (χ3v) is 3.37. The molecular weight excluding hydrogens is 266 g/mol. The molecule has 0 radical (unpaired) electrons. The number of hydrogen-bond donors (Lipinski definition) is 0. The van der Waals surface area contributed by atoms with Gasteiger partial charge < -0.3 is 14.2 Å². The van der Waals surface area contributed by atoms with Gasteiger partial charge in [0.15, 0.2) is 0 Å². The number of likely N-dealkylation sites (tertiary alicyclic amines) is 1. The van der Waals surface area contributed by atoms with E-state index in [9.17, 15) is 4.79 Å². The molecule has 1 saturated heterocycles. The molecule has 2 heterocycles. The van der Waals surface area contributed by atoms with Crippen LogP contribution >= 0.6 is 0 Å². The fraction of sp³-hybridized carbons (Fsp3) is 0.750. The minimum Gasteiger partial charge on any atom is -0.444 e. The second-order valence-electron chi connectivity index (χ2n) is 6.82. The van der Waals surface area contributed by atoms with Crippen molar-refractivity contribution < 1.29 is 9.53 Å². The van der Waals surface area contributed by atoms with Gasteiger partial charge in [-0.3, -0.25) is 0 Å². The zero-order valence-electron chi connectivity index (χ0n) is 14.2. The fourth-order valence-electron chi connectivity index (χ4n) is 2.11. The van der Waals surface area contributed by atoms with Crippen molar-refractivity contribution in [2.75, 3.05) is 13.1 Å². The second-order valence-corrected chi connectivity index (χ2v) is 6.82. The van der Waals surface area contributed by atoms with Gasteiger partial charge in [0, 0.05) is 32.0 Å². The molecule has 0 bridgehead atoms. The molecule has 0 unspecified atom stereocenters. The number of rotatable bonds is 0. The van der Waals surface area contributed by atoms with Crippen molar-refractivity contribution in [2.45, 2.75) is 53.1 Å². The zero-order chi connectivity index (χ0) is 16.0. The van der Waals surface area contributed by atoms with Gasteiger partial charge in [0.25, 0.3) is 0 Å². The first-order valence-electron chi connectivity index (χ1n) is 7.60. The lowest BCUT2D eigenvalue weighted by Crippen LogP contribution is -2.42. The number of imidazole rings is 1. The third-order valence-electron chi connectivity index (χ3n) is 3.37. The number of ether oxygens (including phenoxy) is 1. The Labute approximate surface area is 128 Å². The summed E-state index contributed by atoms with van der Waals surface area (Å²) < 4.78 is 7.28. The van der Waals surface area contributed by atoms with Gasteiger partial charge in [-0.05, 0) is 46.5 Å². The summed E-state index contributed by atoms with van der Waals surface area (Å²) in [5, 5.41) is 0. The summed E-state index contributed by atoms with van der Waals surface area (Å²) in [6.45, 7) is 11.6. The van der Waals surface area contributed by atoms with Crippen LogP contribution < -0.4 is 0 Å². The van der Waals surface area contributed by atoms with Crippen LogP contribution in [0.4, 0.5) is 4.79 Å². The molecule has 21 heavy (non-hydrogen) atoms. The Morgan fingerprint density at radius 3 is 2.48 bits per heavy atom. The van der Waals surface area contributed by atoms with E-state index in [1.54, 1.807) is 6.33 Å². The van der Waals surface area contributed by atoms with E-state index in [2.05, 4.69) is 11.9 Å². The van der Waals surface area contributed by atoms with Crippen LogP contribution in [0.1, 0.15) is 46.2 Å². The van der Waals surface area contributed by atoms with Gasteiger partial charge >= 0.3 is 6.09 Å². The van der Waals surface area contributed by atoms with Crippen LogP contribution in [-0.4, -0.2) is 39.2 Å². The lowest BCUT2D eigenvalue weighted by Gasteiger charge is -2.32. The molecule has 5 heteroatoms. The first-order valence-corrected chi connectivity index (χ1v) is 7.60. The van der Waals surface area contributed by atoms with Crippen LogP contribution in [0.15, 0.2) is 12.5 Å². The summed E-state index contributed by atoms with van der Waals surface area (Å²) in [4.78, 5) is 17.4. The number of aromatic nitrogens is 2. The van der Waals surface area contributed by atoms with Gasteiger partial charge in [-0.15, -0.1) is 0 Å². The maximum atomic E-state index is 11.7. The number of carbonyl (C=O) groups excluding carboxylic acids is 1. The standard InChI is InChI=1S/C11H21NO2.C5H8N2/c1-9-6-5-7-12(8-9)10(13)14-11(2,3)4;1-5-3-6-4-7(5)2/h9H,5-8H2,1-4H3;3-4H,1-2H3/t9-;/m1./s1. The molecule has 1 aromatic rings. The van der Waals surface area contributed by atoms with E-state index in [1.165, 1.54) is 12.1 Å². The molecule has 120 valence electrons. The summed E-state index contributed by atoms with van der Waals surface area (Å²) in [6, 6.07) is 0. The summed E-state index contributed by atoms with van der Waals surface area (Å²) in [5.74, 6) is 0.608. The average molecular weight is 295 g/mol. The SMILES string of the molecule is C[C@@H]1CCCN(C(=O)OC(C)(C)C)C1.Cc1cncn1C. The molecule has 5 nitrogen and oxygen atoms in total. The van der Waals surface area contributed by atoms with E-state index >= 15 is 0 Å². The Bertz CT molecular complexity index is 432. The Morgan fingerprint density at radius 2 is 2.10 bits per heavy atom. The van der Waals surface area contributed by atoms with E-state index in [1.807, 2.05) is 50.4 Å².